The third kappa shape index (κ3) is 2.35. The van der Waals surface area contributed by atoms with Gasteiger partial charge in [0.25, 0.3) is 0 Å². The van der Waals surface area contributed by atoms with Gasteiger partial charge in [-0.3, -0.25) is 4.79 Å². The highest BCUT2D eigenvalue weighted by Gasteiger charge is 2.64. The lowest BCUT2D eigenvalue weighted by atomic mass is 9.43. The van der Waals surface area contributed by atoms with Gasteiger partial charge in [0.05, 0.1) is 5.60 Å². The second kappa shape index (κ2) is 5.81. The van der Waals surface area contributed by atoms with Gasteiger partial charge in [-0.1, -0.05) is 34.1 Å². The van der Waals surface area contributed by atoms with Gasteiger partial charge in [-0.25, -0.2) is 0 Å². The molecule has 0 bridgehead atoms. The molecule has 0 saturated heterocycles. The fraction of sp³-hybridized carbons (Fsp3) is 0.957. The van der Waals surface area contributed by atoms with Gasteiger partial charge in [0.1, 0.15) is 5.78 Å². The van der Waals surface area contributed by atoms with Gasteiger partial charge in [0.2, 0.25) is 0 Å². The number of hydrogen-bond acceptors (Lipinski definition) is 2. The number of fused-ring (bicyclic) bond motifs is 5. The molecule has 0 aromatic rings. The number of hydrogen-bond donors (Lipinski definition) is 1. The highest BCUT2D eigenvalue weighted by Crippen LogP contribution is 2.68. The molecule has 0 aromatic carbocycles. The van der Waals surface area contributed by atoms with E-state index in [4.69, 9.17) is 0 Å². The van der Waals surface area contributed by atoms with Gasteiger partial charge in [0, 0.05) is 12.3 Å². The van der Waals surface area contributed by atoms with Crippen molar-refractivity contribution >= 4 is 5.78 Å². The van der Waals surface area contributed by atoms with Crippen LogP contribution in [0.5, 0.6) is 0 Å². The molecule has 25 heavy (non-hydrogen) atoms. The first-order chi connectivity index (χ1) is 11.7. The van der Waals surface area contributed by atoms with E-state index in [2.05, 4.69) is 27.7 Å². The molecule has 0 radical (unpaired) electrons. The standard InChI is InChI=1S/C23H38O2/c1-5-10-23(25)12-9-19-17-7-6-16-13-20(24)15(2)14-21(16,3)18(17)8-11-22(19,23)4/h15-19,25H,5-14H2,1-4H3/t15-,16+,17-,18-,19-,21+,22+,23+/m1/s1. The lowest BCUT2D eigenvalue weighted by Crippen LogP contribution is -2.57. The van der Waals surface area contributed by atoms with Gasteiger partial charge in [0.15, 0.2) is 0 Å². The molecule has 4 aliphatic rings. The summed E-state index contributed by atoms with van der Waals surface area (Å²) in [5.74, 6) is 3.66. The SMILES string of the molecule is CCC[C@]1(O)CC[C@@H]2[C@@H]3CC[C@H]4CC(=O)[C@H](C)C[C@]4(C)[C@@H]3CC[C@@]21C. The van der Waals surface area contributed by atoms with E-state index in [9.17, 15) is 9.90 Å². The number of ketones is 1. The van der Waals surface area contributed by atoms with Crippen molar-refractivity contribution in [2.75, 3.05) is 0 Å². The van der Waals surface area contributed by atoms with Crippen LogP contribution in [-0.4, -0.2) is 16.5 Å². The highest BCUT2D eigenvalue weighted by atomic mass is 16.3. The summed E-state index contributed by atoms with van der Waals surface area (Å²) >= 11 is 0. The Bertz CT molecular complexity index is 556. The van der Waals surface area contributed by atoms with E-state index in [1.165, 1.54) is 32.1 Å². The molecule has 2 nitrogen and oxygen atoms in total. The molecule has 2 heteroatoms. The zero-order valence-corrected chi connectivity index (χ0v) is 16.8. The zero-order chi connectivity index (χ0) is 18.0. The molecule has 0 unspecified atom stereocenters. The first kappa shape index (κ1) is 18.0. The predicted molar refractivity (Wildman–Crippen MR) is 101 cm³/mol. The lowest BCUT2D eigenvalue weighted by molar-refractivity contribution is -0.162. The number of aliphatic hydroxyl groups is 1. The average Bonchev–Trinajstić information content (AvgIpc) is 2.81. The molecule has 0 aromatic heterocycles. The van der Waals surface area contributed by atoms with Crippen LogP contribution in [0.1, 0.15) is 91.9 Å². The van der Waals surface area contributed by atoms with Crippen LogP contribution in [0.3, 0.4) is 0 Å². The lowest BCUT2D eigenvalue weighted by Gasteiger charge is -2.61. The fourth-order valence-corrected chi connectivity index (χ4v) is 8.34. The van der Waals surface area contributed by atoms with Crippen LogP contribution in [0.2, 0.25) is 0 Å². The van der Waals surface area contributed by atoms with E-state index < -0.39 is 5.60 Å². The van der Waals surface area contributed by atoms with Gasteiger partial charge in [-0.2, -0.15) is 0 Å². The number of Topliss-reactive ketones (excluding diaryl/α,β-unsaturated/α-hetero) is 1. The number of rotatable bonds is 2. The van der Waals surface area contributed by atoms with E-state index >= 15 is 0 Å². The summed E-state index contributed by atoms with van der Waals surface area (Å²) in [6.45, 7) is 9.31. The van der Waals surface area contributed by atoms with Gasteiger partial charge in [-0.15, -0.1) is 0 Å². The fourth-order valence-electron chi connectivity index (χ4n) is 8.34. The molecule has 8 atom stereocenters. The normalized spacial score (nSPS) is 55.4. The van der Waals surface area contributed by atoms with E-state index in [1.807, 2.05) is 0 Å². The summed E-state index contributed by atoms with van der Waals surface area (Å²) in [5, 5.41) is 11.5. The minimum Gasteiger partial charge on any atom is -0.389 e. The highest BCUT2D eigenvalue weighted by molar-refractivity contribution is 5.82. The van der Waals surface area contributed by atoms with Crippen molar-refractivity contribution in [3.8, 4) is 0 Å². The Morgan fingerprint density at radius 1 is 1.08 bits per heavy atom. The molecule has 0 amide bonds. The van der Waals surface area contributed by atoms with Gasteiger partial charge >= 0.3 is 0 Å². The summed E-state index contributed by atoms with van der Waals surface area (Å²) in [6.07, 6.45) is 11.3. The van der Waals surface area contributed by atoms with E-state index in [-0.39, 0.29) is 11.3 Å². The maximum Gasteiger partial charge on any atom is 0.136 e. The summed E-state index contributed by atoms with van der Waals surface area (Å²) in [4.78, 5) is 12.3. The summed E-state index contributed by atoms with van der Waals surface area (Å²) in [5.41, 5.74) is 0.0669. The Balaban J connectivity index is 1.63. The molecule has 4 rings (SSSR count). The molecule has 4 aliphatic carbocycles. The average molecular weight is 347 g/mol. The summed E-state index contributed by atoms with van der Waals surface area (Å²) in [6, 6.07) is 0. The van der Waals surface area contributed by atoms with Gasteiger partial charge < -0.3 is 5.11 Å². The van der Waals surface area contributed by atoms with Crippen molar-refractivity contribution in [1.82, 2.24) is 0 Å². The number of carbonyl (C=O) groups excluding carboxylic acids is 1. The number of carbonyl (C=O) groups is 1. The predicted octanol–water partition coefficient (Wildman–Crippen LogP) is 5.38. The van der Waals surface area contributed by atoms with Crippen LogP contribution in [0.15, 0.2) is 0 Å². The second-order valence-corrected chi connectivity index (χ2v) is 10.7. The van der Waals surface area contributed by atoms with Gasteiger partial charge in [-0.05, 0) is 85.9 Å². The van der Waals surface area contributed by atoms with Crippen molar-refractivity contribution in [2.24, 2.45) is 40.4 Å². The molecule has 4 fully saturated rings. The minimum atomic E-state index is -0.426. The van der Waals surface area contributed by atoms with Crippen LogP contribution in [0, 0.1) is 40.4 Å². The molecule has 0 spiro atoms. The smallest absolute Gasteiger partial charge is 0.136 e. The Morgan fingerprint density at radius 2 is 1.80 bits per heavy atom. The monoisotopic (exact) mass is 346 g/mol. The summed E-state index contributed by atoms with van der Waals surface area (Å²) < 4.78 is 0. The first-order valence-corrected chi connectivity index (χ1v) is 11.0. The van der Waals surface area contributed by atoms with Crippen LogP contribution >= 0.6 is 0 Å². The summed E-state index contributed by atoms with van der Waals surface area (Å²) in [7, 11) is 0. The van der Waals surface area contributed by atoms with Crippen molar-refractivity contribution in [1.29, 1.82) is 0 Å². The van der Waals surface area contributed by atoms with E-state index in [0.717, 1.165) is 43.9 Å². The minimum absolute atomic E-state index is 0.128. The van der Waals surface area contributed by atoms with E-state index in [1.54, 1.807) is 0 Å². The van der Waals surface area contributed by atoms with Crippen LogP contribution in [0.25, 0.3) is 0 Å². The molecular weight excluding hydrogens is 308 g/mol. The molecule has 1 N–H and O–H groups in total. The maximum atomic E-state index is 12.3. The second-order valence-electron chi connectivity index (χ2n) is 10.7. The van der Waals surface area contributed by atoms with Crippen LogP contribution in [-0.2, 0) is 4.79 Å². The third-order valence-corrected chi connectivity index (χ3v) is 9.79. The van der Waals surface area contributed by atoms with Crippen LogP contribution < -0.4 is 0 Å². The zero-order valence-electron chi connectivity index (χ0n) is 16.8. The topological polar surface area (TPSA) is 37.3 Å². The third-order valence-electron chi connectivity index (χ3n) is 9.79. The van der Waals surface area contributed by atoms with Crippen molar-refractivity contribution in [2.45, 2.75) is 97.5 Å². The van der Waals surface area contributed by atoms with Crippen LogP contribution in [0.4, 0.5) is 0 Å². The first-order valence-electron chi connectivity index (χ1n) is 11.0. The molecule has 0 aliphatic heterocycles. The Hall–Kier alpha value is -0.370. The maximum absolute atomic E-state index is 12.3. The Labute approximate surface area is 154 Å². The Kier molecular flexibility index (Phi) is 4.19. The largest absolute Gasteiger partial charge is 0.389 e. The molecule has 4 saturated carbocycles. The quantitative estimate of drug-likeness (QED) is 0.729. The van der Waals surface area contributed by atoms with E-state index in [0.29, 0.717) is 23.0 Å². The van der Waals surface area contributed by atoms with Crippen molar-refractivity contribution < 1.29 is 9.90 Å². The molecule has 0 heterocycles. The van der Waals surface area contributed by atoms with Crippen molar-refractivity contribution in [3.05, 3.63) is 0 Å². The molecule has 142 valence electrons. The molecular formula is C23H38O2. The van der Waals surface area contributed by atoms with Crippen molar-refractivity contribution in [3.63, 3.8) is 0 Å². The Morgan fingerprint density at radius 3 is 2.52 bits per heavy atom.